The molecule has 0 amide bonds. The zero-order valence-corrected chi connectivity index (χ0v) is 12.6. The molecule has 0 aliphatic rings. The Hall–Kier alpha value is -1.59. The molecule has 0 radical (unpaired) electrons. The Balaban J connectivity index is 2.18. The summed E-state index contributed by atoms with van der Waals surface area (Å²) in [7, 11) is 1.83. The van der Waals surface area contributed by atoms with Gasteiger partial charge < -0.3 is 4.57 Å². The number of aromatic nitrogens is 5. The Morgan fingerprint density at radius 2 is 2.15 bits per heavy atom. The highest BCUT2D eigenvalue weighted by molar-refractivity contribution is 6.35. The van der Waals surface area contributed by atoms with Crippen molar-refractivity contribution in [1.29, 1.82) is 0 Å². The second-order valence-electron chi connectivity index (χ2n) is 4.61. The summed E-state index contributed by atoms with van der Waals surface area (Å²) in [6, 6.07) is 5.65. The average Bonchev–Trinajstić information content (AvgIpc) is 2.95. The maximum absolute atomic E-state index is 6.30. The van der Waals surface area contributed by atoms with Gasteiger partial charge in [0, 0.05) is 7.05 Å². The molecule has 3 aromatic rings. The topological polar surface area (TPSA) is 48.5 Å². The average molecular weight is 310 g/mol. The Kier molecular flexibility index (Phi) is 3.40. The molecule has 0 fully saturated rings. The fraction of sp³-hybridized carbons (Fsp3) is 0.308. The van der Waals surface area contributed by atoms with Gasteiger partial charge in [-0.2, -0.15) is 5.10 Å². The van der Waals surface area contributed by atoms with E-state index < -0.39 is 0 Å². The third kappa shape index (κ3) is 2.27. The molecule has 3 rings (SSSR count). The second-order valence-corrected chi connectivity index (χ2v) is 5.68. The van der Waals surface area contributed by atoms with Gasteiger partial charge in [-0.3, -0.25) is 4.68 Å². The minimum atomic E-state index is -0.220. The largest absolute Gasteiger partial charge is 0.318 e. The van der Waals surface area contributed by atoms with E-state index in [9.17, 15) is 0 Å². The number of imidazole rings is 1. The number of aryl methyl sites for hydroxylation is 1. The lowest BCUT2D eigenvalue weighted by atomic mass is 10.3. The first-order valence-electron chi connectivity index (χ1n) is 6.19. The summed E-state index contributed by atoms with van der Waals surface area (Å²) in [6.45, 7) is 2.38. The number of fused-ring (bicyclic) bond motifs is 1. The Bertz CT molecular complexity index is 759. The minimum absolute atomic E-state index is 0.220. The normalized spacial score (nSPS) is 13.0. The minimum Gasteiger partial charge on any atom is -0.318 e. The number of alkyl halides is 1. The van der Waals surface area contributed by atoms with Gasteiger partial charge in [0.05, 0.1) is 28.0 Å². The van der Waals surface area contributed by atoms with Crippen LogP contribution in [0.25, 0.3) is 11.0 Å². The van der Waals surface area contributed by atoms with Crippen molar-refractivity contribution in [2.45, 2.75) is 18.8 Å². The first-order chi connectivity index (χ1) is 9.56. The highest BCUT2D eigenvalue weighted by Crippen LogP contribution is 2.29. The van der Waals surface area contributed by atoms with Gasteiger partial charge in [-0.1, -0.05) is 17.7 Å². The lowest BCUT2D eigenvalue weighted by Crippen LogP contribution is -2.07. The predicted molar refractivity (Wildman–Crippen MR) is 79.1 cm³/mol. The molecule has 0 N–H and O–H groups in total. The van der Waals surface area contributed by atoms with Gasteiger partial charge in [-0.05, 0) is 19.1 Å². The summed E-state index contributed by atoms with van der Waals surface area (Å²) in [5, 5.41) is 4.72. The smallest absolute Gasteiger partial charge is 0.170 e. The maximum Gasteiger partial charge on any atom is 0.170 e. The van der Waals surface area contributed by atoms with Crippen molar-refractivity contribution in [3.8, 4) is 0 Å². The van der Waals surface area contributed by atoms with Crippen LogP contribution in [0.4, 0.5) is 0 Å². The van der Waals surface area contributed by atoms with Crippen molar-refractivity contribution in [3.05, 3.63) is 41.2 Å². The maximum atomic E-state index is 6.30. The molecule has 0 aliphatic heterocycles. The summed E-state index contributed by atoms with van der Waals surface area (Å²) in [6.07, 6.45) is 1.67. The number of halogens is 2. The number of rotatable bonds is 3. The standard InChI is InChI=1S/C13H13Cl2N5/c1-8(14)13-17-10-5-3-4-9(15)12(10)20(13)6-11-16-7-19(2)18-11/h3-5,7-8H,6H2,1-2H3. The van der Waals surface area contributed by atoms with Crippen LogP contribution < -0.4 is 0 Å². The highest BCUT2D eigenvalue weighted by atomic mass is 35.5. The molecule has 0 spiro atoms. The van der Waals surface area contributed by atoms with E-state index in [1.165, 1.54) is 0 Å². The number of benzene rings is 1. The van der Waals surface area contributed by atoms with E-state index in [0.717, 1.165) is 16.9 Å². The molecule has 0 aliphatic carbocycles. The lowest BCUT2D eigenvalue weighted by molar-refractivity contribution is 0.684. The molecular weight excluding hydrogens is 297 g/mol. The van der Waals surface area contributed by atoms with Crippen molar-refractivity contribution in [3.63, 3.8) is 0 Å². The monoisotopic (exact) mass is 309 g/mol. The van der Waals surface area contributed by atoms with Gasteiger partial charge in [0.15, 0.2) is 5.82 Å². The molecule has 0 saturated heterocycles. The fourth-order valence-corrected chi connectivity index (χ4v) is 2.66. The van der Waals surface area contributed by atoms with Gasteiger partial charge in [0.25, 0.3) is 0 Å². The highest BCUT2D eigenvalue weighted by Gasteiger charge is 2.18. The third-order valence-electron chi connectivity index (χ3n) is 3.05. The van der Waals surface area contributed by atoms with Crippen molar-refractivity contribution in [1.82, 2.24) is 24.3 Å². The van der Waals surface area contributed by atoms with Crippen LogP contribution in [0.1, 0.15) is 23.9 Å². The van der Waals surface area contributed by atoms with Gasteiger partial charge in [-0.25, -0.2) is 9.97 Å². The molecule has 5 nitrogen and oxygen atoms in total. The van der Waals surface area contributed by atoms with Gasteiger partial charge in [0.1, 0.15) is 12.2 Å². The van der Waals surface area contributed by atoms with Crippen molar-refractivity contribution >= 4 is 34.2 Å². The van der Waals surface area contributed by atoms with Crippen LogP contribution in [-0.4, -0.2) is 24.3 Å². The molecule has 1 atom stereocenters. The molecule has 1 unspecified atom stereocenters. The SMILES string of the molecule is CC(Cl)c1nc2cccc(Cl)c2n1Cc1ncn(C)n1. The second kappa shape index (κ2) is 5.07. The fourth-order valence-electron chi connectivity index (χ4n) is 2.22. The zero-order chi connectivity index (χ0) is 14.3. The van der Waals surface area contributed by atoms with Crippen LogP contribution >= 0.6 is 23.2 Å². The van der Waals surface area contributed by atoms with Crippen LogP contribution in [0.15, 0.2) is 24.5 Å². The third-order valence-corrected chi connectivity index (χ3v) is 3.55. The van der Waals surface area contributed by atoms with Crippen LogP contribution in [-0.2, 0) is 13.6 Å². The van der Waals surface area contributed by atoms with Gasteiger partial charge >= 0.3 is 0 Å². The zero-order valence-electron chi connectivity index (χ0n) is 11.1. The predicted octanol–water partition coefficient (Wildman–Crippen LogP) is 3.17. The van der Waals surface area contributed by atoms with E-state index in [-0.39, 0.29) is 5.38 Å². The summed E-state index contributed by atoms with van der Waals surface area (Å²) in [4.78, 5) is 8.80. The van der Waals surface area contributed by atoms with Gasteiger partial charge in [-0.15, -0.1) is 11.6 Å². The molecular formula is C13H13Cl2N5. The van der Waals surface area contributed by atoms with E-state index in [4.69, 9.17) is 23.2 Å². The number of hydrogen-bond acceptors (Lipinski definition) is 3. The first kappa shape index (κ1) is 13.4. The molecule has 20 heavy (non-hydrogen) atoms. The number of hydrogen-bond donors (Lipinski definition) is 0. The quantitative estimate of drug-likeness (QED) is 0.698. The first-order valence-corrected chi connectivity index (χ1v) is 7.01. The molecule has 7 heteroatoms. The number of para-hydroxylation sites is 1. The molecule has 2 aromatic heterocycles. The van der Waals surface area contributed by atoms with E-state index in [2.05, 4.69) is 15.1 Å². The summed E-state index contributed by atoms with van der Waals surface area (Å²) in [5.74, 6) is 1.47. The van der Waals surface area contributed by atoms with Crippen molar-refractivity contribution in [2.24, 2.45) is 7.05 Å². The lowest BCUT2D eigenvalue weighted by Gasteiger charge is -2.09. The van der Waals surface area contributed by atoms with Crippen molar-refractivity contribution < 1.29 is 0 Å². The Morgan fingerprint density at radius 3 is 2.80 bits per heavy atom. The molecule has 2 heterocycles. The summed E-state index contributed by atoms with van der Waals surface area (Å²) >= 11 is 12.5. The van der Waals surface area contributed by atoms with Crippen molar-refractivity contribution in [2.75, 3.05) is 0 Å². The van der Waals surface area contributed by atoms with Crippen LogP contribution in [0.2, 0.25) is 5.02 Å². The van der Waals surface area contributed by atoms with E-state index in [1.807, 2.05) is 36.7 Å². The van der Waals surface area contributed by atoms with Gasteiger partial charge in [0.2, 0.25) is 0 Å². The van der Waals surface area contributed by atoms with E-state index in [0.29, 0.717) is 17.4 Å². The van der Waals surface area contributed by atoms with E-state index >= 15 is 0 Å². The summed E-state index contributed by atoms with van der Waals surface area (Å²) < 4.78 is 3.64. The Labute approximate surface area is 126 Å². The Morgan fingerprint density at radius 1 is 1.35 bits per heavy atom. The van der Waals surface area contributed by atoms with Crippen LogP contribution in [0, 0.1) is 0 Å². The van der Waals surface area contributed by atoms with Crippen LogP contribution in [0.5, 0.6) is 0 Å². The number of nitrogens with zero attached hydrogens (tertiary/aromatic N) is 5. The van der Waals surface area contributed by atoms with E-state index in [1.54, 1.807) is 11.0 Å². The van der Waals surface area contributed by atoms with Crippen LogP contribution in [0.3, 0.4) is 0 Å². The molecule has 0 saturated carbocycles. The molecule has 0 bridgehead atoms. The molecule has 1 aromatic carbocycles. The summed E-state index contributed by atoms with van der Waals surface area (Å²) in [5.41, 5.74) is 1.69. The molecule has 104 valence electrons.